The summed E-state index contributed by atoms with van der Waals surface area (Å²) in [5.74, 6) is 0.819. The maximum atomic E-state index is 13.9. The molecule has 2 heterocycles. The Hall–Kier alpha value is -2.15. The summed E-state index contributed by atoms with van der Waals surface area (Å²) in [5, 5.41) is 4.51. The fourth-order valence-corrected chi connectivity index (χ4v) is 3.89. The number of pyridine rings is 1. The average Bonchev–Trinajstić information content (AvgIpc) is 2.75. The van der Waals surface area contributed by atoms with E-state index in [1.54, 1.807) is 17.8 Å². The third-order valence-electron chi connectivity index (χ3n) is 4.98. The van der Waals surface area contributed by atoms with Gasteiger partial charge in [-0.05, 0) is 30.5 Å². The zero-order chi connectivity index (χ0) is 19.3. The van der Waals surface area contributed by atoms with E-state index in [2.05, 4.69) is 40.7 Å². The van der Waals surface area contributed by atoms with Gasteiger partial charge in [0.2, 0.25) is 0 Å². The van der Waals surface area contributed by atoms with E-state index in [1.807, 2.05) is 12.1 Å². The minimum absolute atomic E-state index is 0.176. The van der Waals surface area contributed by atoms with Crippen LogP contribution in [0.25, 0.3) is 10.9 Å². The second kappa shape index (κ2) is 8.90. The van der Waals surface area contributed by atoms with E-state index in [0.717, 1.165) is 35.4 Å². The summed E-state index contributed by atoms with van der Waals surface area (Å²) < 4.78 is 19.4. The number of fused-ring (bicyclic) bond motifs is 1. The van der Waals surface area contributed by atoms with E-state index in [4.69, 9.17) is 9.72 Å². The summed E-state index contributed by atoms with van der Waals surface area (Å²) in [6.45, 7) is 4.22. The molecule has 1 saturated heterocycles. The molecule has 146 valence electrons. The van der Waals surface area contributed by atoms with Gasteiger partial charge in [0.1, 0.15) is 11.6 Å². The molecule has 0 amide bonds. The van der Waals surface area contributed by atoms with Gasteiger partial charge in [-0.25, -0.2) is 9.37 Å². The molecule has 0 bridgehead atoms. The predicted molar refractivity (Wildman–Crippen MR) is 113 cm³/mol. The first-order valence-electron chi connectivity index (χ1n) is 9.49. The number of nitrogens with zero attached hydrogens (tertiary/aromatic N) is 2. The van der Waals surface area contributed by atoms with Crippen molar-refractivity contribution in [2.45, 2.75) is 18.0 Å². The lowest BCUT2D eigenvalue weighted by Crippen LogP contribution is -2.37. The molecule has 0 unspecified atom stereocenters. The van der Waals surface area contributed by atoms with Gasteiger partial charge in [0, 0.05) is 47.6 Å². The first-order valence-corrected chi connectivity index (χ1v) is 10.7. The van der Waals surface area contributed by atoms with Crippen LogP contribution in [0.5, 0.6) is 0 Å². The standard InChI is InChI=1S/C22H24FN3OS/c1-28-19-7-6-16-12-18(15-24-14-17-4-2-3-5-20(17)23)22(25-21(16)13-19)26-8-10-27-11-9-26/h2-7,12-13,24H,8-11,14-15H2,1H3. The van der Waals surface area contributed by atoms with Crippen LogP contribution in [-0.2, 0) is 17.8 Å². The third kappa shape index (κ3) is 4.29. The summed E-state index contributed by atoms with van der Waals surface area (Å²) in [5.41, 5.74) is 2.81. The topological polar surface area (TPSA) is 37.4 Å². The zero-order valence-electron chi connectivity index (χ0n) is 16.0. The number of hydrogen-bond donors (Lipinski definition) is 1. The Bertz CT molecular complexity index is 960. The summed E-state index contributed by atoms with van der Waals surface area (Å²) in [4.78, 5) is 8.49. The molecule has 0 saturated carbocycles. The number of rotatable bonds is 6. The second-order valence-electron chi connectivity index (χ2n) is 6.82. The normalized spacial score (nSPS) is 14.6. The van der Waals surface area contributed by atoms with E-state index in [9.17, 15) is 4.39 Å². The van der Waals surface area contributed by atoms with E-state index < -0.39 is 0 Å². The number of aromatic nitrogens is 1. The molecule has 28 heavy (non-hydrogen) atoms. The highest BCUT2D eigenvalue weighted by atomic mass is 32.2. The lowest BCUT2D eigenvalue weighted by molar-refractivity contribution is 0.122. The maximum Gasteiger partial charge on any atom is 0.133 e. The van der Waals surface area contributed by atoms with Crippen LogP contribution in [-0.4, -0.2) is 37.5 Å². The zero-order valence-corrected chi connectivity index (χ0v) is 16.8. The quantitative estimate of drug-likeness (QED) is 0.631. The number of anilines is 1. The molecule has 1 aromatic heterocycles. The smallest absolute Gasteiger partial charge is 0.133 e. The number of morpholine rings is 1. The van der Waals surface area contributed by atoms with Gasteiger partial charge >= 0.3 is 0 Å². The molecule has 1 N–H and O–H groups in total. The molecule has 0 aliphatic carbocycles. The van der Waals surface area contributed by atoms with Crippen LogP contribution < -0.4 is 10.2 Å². The van der Waals surface area contributed by atoms with Crippen LogP contribution in [0.2, 0.25) is 0 Å². The van der Waals surface area contributed by atoms with Crippen LogP contribution in [0.1, 0.15) is 11.1 Å². The molecule has 1 aliphatic heterocycles. The first-order chi connectivity index (χ1) is 13.7. The number of nitrogens with one attached hydrogen (secondary N) is 1. The number of benzene rings is 2. The Labute approximate surface area is 169 Å². The molecule has 1 fully saturated rings. The van der Waals surface area contributed by atoms with Crippen molar-refractivity contribution >= 4 is 28.5 Å². The van der Waals surface area contributed by atoms with Crippen LogP contribution in [0, 0.1) is 5.82 Å². The second-order valence-corrected chi connectivity index (χ2v) is 7.70. The van der Waals surface area contributed by atoms with Crippen LogP contribution in [0.3, 0.4) is 0 Å². The fraction of sp³-hybridized carbons (Fsp3) is 0.318. The van der Waals surface area contributed by atoms with E-state index in [0.29, 0.717) is 31.9 Å². The van der Waals surface area contributed by atoms with Crippen molar-refractivity contribution in [2.75, 3.05) is 37.5 Å². The van der Waals surface area contributed by atoms with E-state index in [-0.39, 0.29) is 5.82 Å². The van der Waals surface area contributed by atoms with Gasteiger partial charge in [0.05, 0.1) is 18.7 Å². The Kier molecular flexibility index (Phi) is 6.10. The molecular formula is C22H24FN3OS. The molecule has 6 heteroatoms. The highest BCUT2D eigenvalue weighted by molar-refractivity contribution is 7.98. The van der Waals surface area contributed by atoms with Crippen molar-refractivity contribution in [1.29, 1.82) is 0 Å². The number of ether oxygens (including phenoxy) is 1. The maximum absolute atomic E-state index is 13.9. The van der Waals surface area contributed by atoms with Gasteiger partial charge in [-0.2, -0.15) is 0 Å². The molecule has 0 atom stereocenters. The van der Waals surface area contributed by atoms with E-state index >= 15 is 0 Å². The lowest BCUT2D eigenvalue weighted by Gasteiger charge is -2.30. The Morgan fingerprint density at radius 3 is 2.64 bits per heavy atom. The van der Waals surface area contributed by atoms with Gasteiger partial charge in [-0.3, -0.25) is 0 Å². The van der Waals surface area contributed by atoms with Crippen molar-refractivity contribution < 1.29 is 9.13 Å². The molecular weight excluding hydrogens is 373 g/mol. The first kappa shape index (κ1) is 19.2. The van der Waals surface area contributed by atoms with Crippen molar-refractivity contribution in [1.82, 2.24) is 10.3 Å². The van der Waals surface area contributed by atoms with Gasteiger partial charge in [-0.15, -0.1) is 11.8 Å². The van der Waals surface area contributed by atoms with Gasteiger partial charge in [-0.1, -0.05) is 24.3 Å². The highest BCUT2D eigenvalue weighted by Crippen LogP contribution is 2.27. The molecule has 1 aliphatic rings. The van der Waals surface area contributed by atoms with E-state index in [1.165, 1.54) is 11.0 Å². The SMILES string of the molecule is CSc1ccc2cc(CNCc3ccccc3F)c(N3CCOCC3)nc2c1. The lowest BCUT2D eigenvalue weighted by atomic mass is 10.1. The summed E-state index contributed by atoms with van der Waals surface area (Å²) in [7, 11) is 0. The van der Waals surface area contributed by atoms with Crippen molar-refractivity contribution in [3.63, 3.8) is 0 Å². The Morgan fingerprint density at radius 1 is 1.07 bits per heavy atom. The van der Waals surface area contributed by atoms with Gasteiger partial charge < -0.3 is 15.0 Å². The van der Waals surface area contributed by atoms with Crippen molar-refractivity contribution in [3.8, 4) is 0 Å². The molecule has 4 rings (SSSR count). The van der Waals surface area contributed by atoms with Gasteiger partial charge in [0.15, 0.2) is 0 Å². The molecule has 2 aromatic carbocycles. The predicted octanol–water partition coefficient (Wildman–Crippen LogP) is 4.22. The van der Waals surface area contributed by atoms with Crippen molar-refractivity contribution in [2.24, 2.45) is 0 Å². The molecule has 0 radical (unpaired) electrons. The minimum atomic E-state index is -0.176. The Morgan fingerprint density at radius 2 is 1.86 bits per heavy atom. The number of thioether (sulfide) groups is 1. The summed E-state index contributed by atoms with van der Waals surface area (Å²) in [6.07, 6.45) is 2.07. The van der Waals surface area contributed by atoms with Crippen molar-refractivity contribution in [3.05, 3.63) is 65.5 Å². The monoisotopic (exact) mass is 397 g/mol. The van der Waals surface area contributed by atoms with Crippen LogP contribution in [0.4, 0.5) is 10.2 Å². The third-order valence-corrected chi connectivity index (χ3v) is 5.71. The van der Waals surface area contributed by atoms with Crippen LogP contribution >= 0.6 is 11.8 Å². The number of halogens is 1. The van der Waals surface area contributed by atoms with Gasteiger partial charge in [0.25, 0.3) is 0 Å². The summed E-state index contributed by atoms with van der Waals surface area (Å²) >= 11 is 1.72. The van der Waals surface area contributed by atoms with Crippen LogP contribution in [0.15, 0.2) is 53.4 Å². The molecule has 0 spiro atoms. The average molecular weight is 398 g/mol. The fourth-order valence-electron chi connectivity index (χ4n) is 3.46. The number of hydrogen-bond acceptors (Lipinski definition) is 5. The largest absolute Gasteiger partial charge is 0.378 e. The molecule has 4 nitrogen and oxygen atoms in total. The summed E-state index contributed by atoms with van der Waals surface area (Å²) in [6, 6.07) is 15.5. The Balaban J connectivity index is 1.61. The highest BCUT2D eigenvalue weighted by Gasteiger charge is 2.17. The minimum Gasteiger partial charge on any atom is -0.378 e. The molecule has 3 aromatic rings.